The van der Waals surface area contributed by atoms with E-state index in [1.54, 1.807) is 0 Å². The highest BCUT2D eigenvalue weighted by Gasteiger charge is 2.56. The van der Waals surface area contributed by atoms with E-state index in [9.17, 15) is 5.11 Å². The van der Waals surface area contributed by atoms with Gasteiger partial charge in [-0.3, -0.25) is 0 Å². The highest BCUT2D eigenvalue weighted by molar-refractivity contribution is 5.90. The average Bonchev–Trinajstić information content (AvgIpc) is 3.26. The van der Waals surface area contributed by atoms with E-state index >= 15 is 0 Å². The molecular formula is C28H35NO. The SMILES string of the molecule is C=C(c1ccccc1)[C@@]12CC[C@@H](O)[C@@H]1CC(CCCCCC)=C2c1cccc(N)c1. The standard InChI is InChI=1S/C28H35NO/c1-3-4-5-7-13-23-19-25-26(30)16-17-28(25,20(2)21-11-8-6-9-12-21)27(23)22-14-10-15-24(29)18-22/h6,8-12,14-15,18,25-26,30H,2-5,7,13,16-17,19,29H2,1H3/t25-,26+,28-/m0/s1. The Bertz CT molecular complexity index is 929. The number of rotatable bonds is 8. The zero-order valence-electron chi connectivity index (χ0n) is 18.2. The van der Waals surface area contributed by atoms with Gasteiger partial charge in [0.25, 0.3) is 0 Å². The Hall–Kier alpha value is -2.32. The normalized spacial score (nSPS) is 25.5. The molecule has 2 aliphatic rings. The van der Waals surface area contributed by atoms with Gasteiger partial charge in [-0.2, -0.15) is 0 Å². The lowest BCUT2D eigenvalue weighted by atomic mass is 9.66. The number of nitrogen functional groups attached to an aromatic ring is 1. The van der Waals surface area contributed by atoms with Crippen LogP contribution in [0.1, 0.15) is 69.4 Å². The first kappa shape index (κ1) is 20.9. The number of hydrogen-bond donors (Lipinski definition) is 2. The minimum atomic E-state index is -0.269. The number of hydrogen-bond acceptors (Lipinski definition) is 2. The third-order valence-electron chi connectivity index (χ3n) is 7.37. The van der Waals surface area contributed by atoms with Crippen LogP contribution in [0.4, 0.5) is 5.69 Å². The van der Waals surface area contributed by atoms with Crippen LogP contribution in [-0.4, -0.2) is 11.2 Å². The van der Waals surface area contributed by atoms with Gasteiger partial charge in [-0.05, 0) is 66.5 Å². The fourth-order valence-corrected chi connectivity index (χ4v) is 5.96. The van der Waals surface area contributed by atoms with Gasteiger partial charge in [-0.25, -0.2) is 0 Å². The molecule has 0 saturated heterocycles. The van der Waals surface area contributed by atoms with E-state index in [1.165, 1.54) is 48.0 Å². The molecule has 3 atom stereocenters. The molecule has 2 aromatic rings. The molecule has 0 aromatic heterocycles. The van der Waals surface area contributed by atoms with Crippen LogP contribution in [0.5, 0.6) is 0 Å². The molecule has 4 rings (SSSR count). The molecule has 2 heteroatoms. The summed E-state index contributed by atoms with van der Waals surface area (Å²) in [5, 5.41) is 11.0. The Morgan fingerprint density at radius 1 is 1.10 bits per heavy atom. The predicted octanol–water partition coefficient (Wildman–Crippen LogP) is 6.87. The first-order valence-corrected chi connectivity index (χ1v) is 11.6. The van der Waals surface area contributed by atoms with Crippen molar-refractivity contribution in [2.75, 3.05) is 5.73 Å². The van der Waals surface area contributed by atoms with E-state index < -0.39 is 0 Å². The third-order valence-corrected chi connectivity index (χ3v) is 7.37. The largest absolute Gasteiger partial charge is 0.399 e. The predicted molar refractivity (Wildman–Crippen MR) is 128 cm³/mol. The maximum Gasteiger partial charge on any atom is 0.0583 e. The summed E-state index contributed by atoms with van der Waals surface area (Å²) >= 11 is 0. The van der Waals surface area contributed by atoms with Crippen LogP contribution in [0.15, 0.2) is 66.7 Å². The topological polar surface area (TPSA) is 46.2 Å². The summed E-state index contributed by atoms with van der Waals surface area (Å²) in [6.07, 6.45) is 8.62. The molecule has 1 fully saturated rings. The van der Waals surface area contributed by atoms with Crippen molar-refractivity contribution in [2.24, 2.45) is 11.3 Å². The van der Waals surface area contributed by atoms with Crippen molar-refractivity contribution >= 4 is 16.8 Å². The lowest BCUT2D eigenvalue weighted by Crippen LogP contribution is -2.29. The van der Waals surface area contributed by atoms with Gasteiger partial charge >= 0.3 is 0 Å². The molecule has 2 aromatic carbocycles. The van der Waals surface area contributed by atoms with Crippen molar-refractivity contribution in [3.8, 4) is 0 Å². The summed E-state index contributed by atoms with van der Waals surface area (Å²) in [5.41, 5.74) is 13.3. The maximum atomic E-state index is 11.0. The summed E-state index contributed by atoms with van der Waals surface area (Å²) in [4.78, 5) is 0. The number of allylic oxidation sites excluding steroid dienone is 3. The first-order valence-electron chi connectivity index (χ1n) is 11.6. The number of anilines is 1. The molecule has 2 nitrogen and oxygen atoms in total. The minimum absolute atomic E-state index is 0.200. The van der Waals surface area contributed by atoms with E-state index in [2.05, 4.69) is 62.0 Å². The fourth-order valence-electron chi connectivity index (χ4n) is 5.96. The van der Waals surface area contributed by atoms with Crippen molar-refractivity contribution in [1.29, 1.82) is 0 Å². The second-order valence-electron chi connectivity index (χ2n) is 9.15. The van der Waals surface area contributed by atoms with E-state index in [-0.39, 0.29) is 17.4 Å². The molecule has 0 heterocycles. The molecule has 0 radical (unpaired) electrons. The van der Waals surface area contributed by atoms with Gasteiger partial charge in [0.1, 0.15) is 0 Å². The Morgan fingerprint density at radius 2 is 1.90 bits per heavy atom. The van der Waals surface area contributed by atoms with Crippen LogP contribution in [0.25, 0.3) is 11.1 Å². The first-order chi connectivity index (χ1) is 14.6. The number of fused-ring (bicyclic) bond motifs is 1. The average molecular weight is 402 g/mol. The highest BCUT2D eigenvalue weighted by atomic mass is 16.3. The summed E-state index contributed by atoms with van der Waals surface area (Å²) in [6, 6.07) is 18.9. The van der Waals surface area contributed by atoms with Crippen LogP contribution in [0, 0.1) is 11.3 Å². The molecule has 0 bridgehead atoms. The van der Waals surface area contributed by atoms with Gasteiger partial charge in [0.2, 0.25) is 0 Å². The number of nitrogens with two attached hydrogens (primary N) is 1. The van der Waals surface area contributed by atoms with E-state index in [4.69, 9.17) is 5.73 Å². The van der Waals surface area contributed by atoms with Gasteiger partial charge in [0.05, 0.1) is 6.10 Å². The number of aliphatic hydroxyl groups is 1. The lowest BCUT2D eigenvalue weighted by molar-refractivity contribution is 0.120. The Labute approximate surface area is 181 Å². The van der Waals surface area contributed by atoms with Gasteiger partial charge < -0.3 is 10.8 Å². The van der Waals surface area contributed by atoms with Gasteiger partial charge in [0.15, 0.2) is 0 Å². The summed E-state index contributed by atoms with van der Waals surface area (Å²) in [5.74, 6) is 0.211. The zero-order valence-corrected chi connectivity index (χ0v) is 18.2. The number of aliphatic hydroxyl groups excluding tert-OH is 1. The second-order valence-corrected chi connectivity index (χ2v) is 9.15. The maximum absolute atomic E-state index is 11.0. The van der Waals surface area contributed by atoms with Crippen LogP contribution in [-0.2, 0) is 0 Å². The Kier molecular flexibility index (Phi) is 6.15. The van der Waals surface area contributed by atoms with Crippen LogP contribution in [0.3, 0.4) is 0 Å². The Balaban J connectivity index is 1.82. The van der Waals surface area contributed by atoms with Crippen LogP contribution < -0.4 is 5.73 Å². The van der Waals surface area contributed by atoms with Crippen LogP contribution in [0.2, 0.25) is 0 Å². The monoisotopic (exact) mass is 401 g/mol. The van der Waals surface area contributed by atoms with Crippen molar-refractivity contribution in [1.82, 2.24) is 0 Å². The van der Waals surface area contributed by atoms with E-state index in [1.807, 2.05) is 6.07 Å². The highest BCUT2D eigenvalue weighted by Crippen LogP contribution is 2.66. The summed E-state index contributed by atoms with van der Waals surface area (Å²) in [6.45, 7) is 6.90. The molecule has 0 amide bonds. The molecule has 0 aliphatic heterocycles. The van der Waals surface area contributed by atoms with Gasteiger partial charge in [-0.1, -0.05) is 80.8 Å². The quantitative estimate of drug-likeness (QED) is 0.374. The summed E-state index contributed by atoms with van der Waals surface area (Å²) < 4.78 is 0. The van der Waals surface area contributed by atoms with Crippen molar-refractivity contribution in [2.45, 2.75) is 64.4 Å². The second kappa shape index (κ2) is 8.81. The molecule has 30 heavy (non-hydrogen) atoms. The number of benzene rings is 2. The molecule has 158 valence electrons. The molecule has 3 N–H and O–H groups in total. The lowest BCUT2D eigenvalue weighted by Gasteiger charge is -2.37. The molecule has 0 spiro atoms. The minimum Gasteiger partial charge on any atom is -0.399 e. The Morgan fingerprint density at radius 3 is 2.63 bits per heavy atom. The van der Waals surface area contributed by atoms with Crippen molar-refractivity contribution in [3.63, 3.8) is 0 Å². The van der Waals surface area contributed by atoms with Gasteiger partial charge in [0, 0.05) is 17.0 Å². The molecule has 0 unspecified atom stereocenters. The number of unbranched alkanes of at least 4 members (excludes halogenated alkanes) is 3. The third kappa shape index (κ3) is 3.63. The molecule has 1 saturated carbocycles. The van der Waals surface area contributed by atoms with Crippen molar-refractivity contribution in [3.05, 3.63) is 77.9 Å². The summed E-state index contributed by atoms with van der Waals surface area (Å²) in [7, 11) is 0. The zero-order chi connectivity index (χ0) is 21.1. The van der Waals surface area contributed by atoms with Gasteiger partial charge in [-0.15, -0.1) is 0 Å². The van der Waals surface area contributed by atoms with Crippen molar-refractivity contribution < 1.29 is 5.11 Å². The fraction of sp³-hybridized carbons (Fsp3) is 0.429. The molecular weight excluding hydrogens is 366 g/mol. The smallest absolute Gasteiger partial charge is 0.0583 e. The van der Waals surface area contributed by atoms with E-state index in [0.29, 0.717) is 0 Å². The van der Waals surface area contributed by atoms with E-state index in [0.717, 1.165) is 36.9 Å². The molecule has 2 aliphatic carbocycles. The van der Waals surface area contributed by atoms with Crippen LogP contribution >= 0.6 is 0 Å².